The predicted octanol–water partition coefficient (Wildman–Crippen LogP) is 0.883. The minimum Gasteiger partial charge on any atom is -0.391 e. The predicted molar refractivity (Wildman–Crippen MR) is 74.7 cm³/mol. The Morgan fingerprint density at radius 3 is 2.56 bits per heavy atom. The number of nitrogens with two attached hydrogens (primary N) is 1. The van der Waals surface area contributed by atoms with Crippen LogP contribution in [0.15, 0.2) is 11.1 Å². The van der Waals surface area contributed by atoms with Gasteiger partial charge in [0.25, 0.3) is 5.56 Å². The molecule has 1 rings (SSSR count). The van der Waals surface area contributed by atoms with Crippen LogP contribution < -0.4 is 16.6 Å². The number of H-pyrrole nitrogens is 1. The normalized spacial score (nSPS) is 11.5. The zero-order valence-electron chi connectivity index (χ0n) is 11.5. The van der Waals surface area contributed by atoms with Crippen LogP contribution in [0.25, 0.3) is 0 Å². The van der Waals surface area contributed by atoms with Crippen molar-refractivity contribution < 1.29 is 0 Å². The standard InChI is InChI=1S/C12H23N5O/c1-8(2)17(9(3)4)6-5-14-11-10(13)12(18)16-7-15-11/h7-9H,5-6,13H2,1-4H3,(H2,14,15,16,18). The van der Waals surface area contributed by atoms with E-state index >= 15 is 0 Å². The van der Waals surface area contributed by atoms with Crippen LogP contribution in [0.1, 0.15) is 27.7 Å². The lowest BCUT2D eigenvalue weighted by atomic mass is 10.2. The molecular weight excluding hydrogens is 230 g/mol. The van der Waals surface area contributed by atoms with E-state index in [1.807, 2.05) is 0 Å². The van der Waals surface area contributed by atoms with E-state index < -0.39 is 0 Å². The van der Waals surface area contributed by atoms with Crippen LogP contribution in [0.5, 0.6) is 0 Å². The molecule has 0 saturated carbocycles. The molecule has 0 saturated heterocycles. The highest BCUT2D eigenvalue weighted by molar-refractivity contribution is 5.58. The minimum absolute atomic E-state index is 0.137. The molecule has 6 heteroatoms. The maximum atomic E-state index is 11.3. The van der Waals surface area contributed by atoms with E-state index in [9.17, 15) is 4.79 Å². The maximum absolute atomic E-state index is 11.3. The van der Waals surface area contributed by atoms with E-state index in [2.05, 4.69) is 47.9 Å². The lowest BCUT2D eigenvalue weighted by Gasteiger charge is -2.30. The monoisotopic (exact) mass is 253 g/mol. The number of rotatable bonds is 6. The van der Waals surface area contributed by atoms with Gasteiger partial charge in [0.1, 0.15) is 5.69 Å². The van der Waals surface area contributed by atoms with E-state index in [0.717, 1.165) is 6.54 Å². The van der Waals surface area contributed by atoms with Gasteiger partial charge in [0, 0.05) is 25.2 Å². The van der Waals surface area contributed by atoms with Gasteiger partial charge >= 0.3 is 0 Å². The van der Waals surface area contributed by atoms with E-state index in [0.29, 0.717) is 24.4 Å². The van der Waals surface area contributed by atoms with Gasteiger partial charge in [-0.2, -0.15) is 0 Å². The third-order valence-corrected chi connectivity index (χ3v) is 2.88. The first-order chi connectivity index (χ1) is 8.43. The zero-order valence-corrected chi connectivity index (χ0v) is 11.5. The average molecular weight is 253 g/mol. The third kappa shape index (κ3) is 3.73. The topological polar surface area (TPSA) is 87.0 Å². The third-order valence-electron chi connectivity index (χ3n) is 2.88. The molecule has 102 valence electrons. The van der Waals surface area contributed by atoms with Crippen molar-refractivity contribution in [1.29, 1.82) is 0 Å². The largest absolute Gasteiger partial charge is 0.391 e. The van der Waals surface area contributed by atoms with Crippen LogP contribution in [0.2, 0.25) is 0 Å². The lowest BCUT2D eigenvalue weighted by Crippen LogP contribution is -2.40. The Bertz CT molecular complexity index is 419. The highest BCUT2D eigenvalue weighted by atomic mass is 16.1. The summed E-state index contributed by atoms with van der Waals surface area (Å²) in [5, 5.41) is 3.10. The summed E-state index contributed by atoms with van der Waals surface area (Å²) in [4.78, 5) is 20.1. The summed E-state index contributed by atoms with van der Waals surface area (Å²) in [6.07, 6.45) is 1.35. The second-order valence-electron chi connectivity index (χ2n) is 4.85. The van der Waals surface area contributed by atoms with Crippen LogP contribution >= 0.6 is 0 Å². The van der Waals surface area contributed by atoms with Crippen LogP contribution in [0, 0.1) is 0 Å². The molecule has 18 heavy (non-hydrogen) atoms. The molecule has 0 bridgehead atoms. The summed E-state index contributed by atoms with van der Waals surface area (Å²) in [5.41, 5.74) is 5.47. The first-order valence-electron chi connectivity index (χ1n) is 6.26. The van der Waals surface area contributed by atoms with Gasteiger partial charge in [-0.3, -0.25) is 9.69 Å². The summed E-state index contributed by atoms with van der Waals surface area (Å²) < 4.78 is 0. The molecule has 0 unspecified atom stereocenters. The number of aromatic nitrogens is 2. The molecule has 0 aliphatic rings. The first-order valence-corrected chi connectivity index (χ1v) is 6.26. The fourth-order valence-corrected chi connectivity index (χ4v) is 1.97. The van der Waals surface area contributed by atoms with Gasteiger partial charge in [-0.1, -0.05) is 0 Å². The molecule has 0 atom stereocenters. The number of hydrogen-bond acceptors (Lipinski definition) is 5. The van der Waals surface area contributed by atoms with Crippen LogP contribution in [0.4, 0.5) is 11.5 Å². The first kappa shape index (κ1) is 14.5. The molecular formula is C12H23N5O. The number of hydrogen-bond donors (Lipinski definition) is 3. The van der Waals surface area contributed by atoms with Crippen molar-refractivity contribution in [1.82, 2.24) is 14.9 Å². The Kier molecular flexibility index (Phi) is 5.15. The van der Waals surface area contributed by atoms with Crippen molar-refractivity contribution in [3.63, 3.8) is 0 Å². The maximum Gasteiger partial charge on any atom is 0.276 e. The Morgan fingerprint density at radius 2 is 2.00 bits per heavy atom. The fourth-order valence-electron chi connectivity index (χ4n) is 1.97. The summed E-state index contributed by atoms with van der Waals surface area (Å²) in [7, 11) is 0. The Morgan fingerprint density at radius 1 is 1.39 bits per heavy atom. The number of aromatic amines is 1. The molecule has 0 radical (unpaired) electrons. The van der Waals surface area contributed by atoms with Gasteiger partial charge in [-0.25, -0.2) is 4.98 Å². The van der Waals surface area contributed by atoms with Crippen molar-refractivity contribution in [3.8, 4) is 0 Å². The summed E-state index contributed by atoms with van der Waals surface area (Å²) >= 11 is 0. The van der Waals surface area contributed by atoms with Crippen LogP contribution in [0.3, 0.4) is 0 Å². The number of nitrogens with one attached hydrogen (secondary N) is 2. The molecule has 0 aliphatic heterocycles. The smallest absolute Gasteiger partial charge is 0.276 e. The molecule has 1 aromatic heterocycles. The van der Waals surface area contributed by atoms with E-state index in [-0.39, 0.29) is 11.2 Å². The van der Waals surface area contributed by atoms with Gasteiger partial charge in [0.05, 0.1) is 6.33 Å². The van der Waals surface area contributed by atoms with Gasteiger partial charge < -0.3 is 16.0 Å². The van der Waals surface area contributed by atoms with E-state index in [1.54, 1.807) is 0 Å². The molecule has 0 fully saturated rings. The lowest BCUT2D eigenvalue weighted by molar-refractivity contribution is 0.182. The highest BCUT2D eigenvalue weighted by Crippen LogP contribution is 2.08. The Hall–Kier alpha value is -1.56. The number of nitrogen functional groups attached to an aromatic ring is 1. The van der Waals surface area contributed by atoms with Crippen molar-refractivity contribution in [2.75, 3.05) is 24.1 Å². The minimum atomic E-state index is -0.308. The summed E-state index contributed by atoms with van der Waals surface area (Å²) in [5.74, 6) is 0.450. The number of nitrogens with zero attached hydrogens (tertiary/aromatic N) is 2. The zero-order chi connectivity index (χ0) is 13.7. The molecule has 4 N–H and O–H groups in total. The second-order valence-corrected chi connectivity index (χ2v) is 4.85. The van der Waals surface area contributed by atoms with Crippen LogP contribution in [-0.4, -0.2) is 40.0 Å². The van der Waals surface area contributed by atoms with Crippen molar-refractivity contribution in [2.45, 2.75) is 39.8 Å². The number of anilines is 2. The molecule has 0 spiro atoms. The summed E-state index contributed by atoms with van der Waals surface area (Å²) in [6.45, 7) is 10.2. The van der Waals surface area contributed by atoms with Gasteiger partial charge in [-0.05, 0) is 27.7 Å². The van der Waals surface area contributed by atoms with Crippen molar-refractivity contribution >= 4 is 11.5 Å². The van der Waals surface area contributed by atoms with Crippen LogP contribution in [-0.2, 0) is 0 Å². The van der Waals surface area contributed by atoms with E-state index in [4.69, 9.17) is 5.73 Å². The molecule has 6 nitrogen and oxygen atoms in total. The fraction of sp³-hybridized carbons (Fsp3) is 0.667. The quantitative estimate of drug-likeness (QED) is 0.700. The molecule has 0 amide bonds. The summed E-state index contributed by atoms with van der Waals surface area (Å²) in [6, 6.07) is 0.965. The van der Waals surface area contributed by atoms with Gasteiger partial charge in [0.2, 0.25) is 0 Å². The molecule has 0 aliphatic carbocycles. The van der Waals surface area contributed by atoms with E-state index in [1.165, 1.54) is 6.33 Å². The van der Waals surface area contributed by atoms with Crippen molar-refractivity contribution in [2.24, 2.45) is 0 Å². The average Bonchev–Trinajstić information content (AvgIpc) is 2.28. The van der Waals surface area contributed by atoms with Gasteiger partial charge in [0.15, 0.2) is 5.82 Å². The Labute approximate surface area is 108 Å². The molecule has 1 aromatic rings. The van der Waals surface area contributed by atoms with Gasteiger partial charge in [-0.15, -0.1) is 0 Å². The Balaban J connectivity index is 2.56. The highest BCUT2D eigenvalue weighted by Gasteiger charge is 2.12. The second kappa shape index (κ2) is 6.39. The molecule has 1 heterocycles. The molecule has 0 aromatic carbocycles. The van der Waals surface area contributed by atoms with Crippen molar-refractivity contribution in [3.05, 3.63) is 16.7 Å². The SMILES string of the molecule is CC(C)N(CCNc1nc[nH]c(=O)c1N)C(C)C.